The van der Waals surface area contributed by atoms with Crippen molar-refractivity contribution in [1.29, 1.82) is 0 Å². The van der Waals surface area contributed by atoms with Crippen LogP contribution in [0.2, 0.25) is 0 Å². The number of amides is 1. The number of sulfone groups is 1. The van der Waals surface area contributed by atoms with Crippen molar-refractivity contribution in [3.05, 3.63) is 48.2 Å². The van der Waals surface area contributed by atoms with E-state index in [1.165, 1.54) is 18.7 Å². The van der Waals surface area contributed by atoms with E-state index in [1.807, 2.05) is 0 Å². The van der Waals surface area contributed by atoms with E-state index in [0.29, 0.717) is 6.20 Å². The van der Waals surface area contributed by atoms with Crippen molar-refractivity contribution in [2.24, 2.45) is 5.92 Å². The zero-order chi connectivity index (χ0) is 25.5. The molecule has 3 rings (SSSR count). The summed E-state index contributed by atoms with van der Waals surface area (Å²) in [6.07, 6.45) is -9.03. The monoisotopic (exact) mass is 526 g/mol. The minimum atomic E-state index is -5.00. The highest BCUT2D eigenvalue weighted by molar-refractivity contribution is 7.92. The van der Waals surface area contributed by atoms with Crippen molar-refractivity contribution in [2.45, 2.75) is 56.3 Å². The van der Waals surface area contributed by atoms with Crippen LogP contribution in [-0.2, 0) is 20.8 Å². The standard InChI is InChI=1S/C21H20F6N2O4S.CH4/c1-19(2,34(31,32)16-5-3-4-15(11-16)33-21(25,26)27)13-8-9-29(18(30)10-13)17-7-6-14(12-28-17)20(22,23)24;/h3-7,11-13H,8-10H2,1-2H3;1H4/t13-;/m1./s1. The molecule has 0 spiro atoms. The van der Waals surface area contributed by atoms with Gasteiger partial charge >= 0.3 is 12.5 Å². The number of ether oxygens (including phenoxy) is 1. The van der Waals surface area contributed by atoms with Crippen LogP contribution in [0.5, 0.6) is 5.75 Å². The minimum Gasteiger partial charge on any atom is -0.406 e. The van der Waals surface area contributed by atoms with Gasteiger partial charge < -0.3 is 4.74 Å². The third kappa shape index (κ3) is 6.06. The lowest BCUT2D eigenvalue weighted by Crippen LogP contribution is -2.48. The third-order valence-corrected chi connectivity index (χ3v) is 8.39. The quantitative estimate of drug-likeness (QED) is 0.472. The first-order chi connectivity index (χ1) is 15.5. The van der Waals surface area contributed by atoms with Crippen LogP contribution in [0.15, 0.2) is 47.5 Å². The van der Waals surface area contributed by atoms with Crippen molar-refractivity contribution >= 4 is 21.6 Å². The average Bonchev–Trinajstić information content (AvgIpc) is 2.72. The molecular formula is C22H24F6N2O4S. The molecule has 0 radical (unpaired) electrons. The van der Waals surface area contributed by atoms with Gasteiger partial charge in [-0.2, -0.15) is 13.2 Å². The molecule has 1 aliphatic heterocycles. The van der Waals surface area contributed by atoms with Gasteiger partial charge in [0.15, 0.2) is 9.84 Å². The molecule has 13 heteroatoms. The molecule has 1 saturated heterocycles. The van der Waals surface area contributed by atoms with Crippen LogP contribution in [0.25, 0.3) is 0 Å². The Bertz CT molecular complexity index is 1160. The van der Waals surface area contributed by atoms with Crippen LogP contribution in [0.3, 0.4) is 0 Å². The Hall–Kier alpha value is -2.83. The largest absolute Gasteiger partial charge is 0.573 e. The average molecular weight is 526 g/mol. The van der Waals surface area contributed by atoms with Gasteiger partial charge in [-0.05, 0) is 56.5 Å². The second-order valence-electron chi connectivity index (χ2n) is 8.27. The molecule has 0 unspecified atom stereocenters. The number of alkyl halides is 6. The van der Waals surface area contributed by atoms with E-state index >= 15 is 0 Å². The number of hydrogen-bond acceptors (Lipinski definition) is 5. The molecular weight excluding hydrogens is 502 g/mol. The topological polar surface area (TPSA) is 76.6 Å². The number of carbonyl (C=O) groups is 1. The fraction of sp³-hybridized carbons (Fsp3) is 0.455. The van der Waals surface area contributed by atoms with Gasteiger partial charge in [0.1, 0.15) is 11.6 Å². The van der Waals surface area contributed by atoms with Gasteiger partial charge in [0.25, 0.3) is 0 Å². The first-order valence-corrected chi connectivity index (χ1v) is 11.4. The van der Waals surface area contributed by atoms with Crippen molar-refractivity contribution in [3.8, 4) is 5.75 Å². The Kier molecular flexibility index (Phi) is 7.85. The molecule has 1 fully saturated rings. The molecule has 2 heterocycles. The number of halogens is 6. The molecule has 1 amide bonds. The van der Waals surface area contributed by atoms with E-state index in [0.717, 1.165) is 36.4 Å². The number of anilines is 1. The SMILES string of the molecule is C.CC(C)([C@@H]1CCN(c2ccc(C(F)(F)F)cn2)C(=O)C1)S(=O)(=O)c1cccc(OC(F)(F)F)c1. The van der Waals surface area contributed by atoms with Crippen molar-refractivity contribution in [2.75, 3.05) is 11.4 Å². The molecule has 2 aromatic rings. The summed E-state index contributed by atoms with van der Waals surface area (Å²) >= 11 is 0. The van der Waals surface area contributed by atoms with E-state index in [1.54, 1.807) is 0 Å². The fourth-order valence-electron chi connectivity index (χ4n) is 3.74. The first kappa shape index (κ1) is 28.4. The number of hydrogen-bond donors (Lipinski definition) is 0. The van der Waals surface area contributed by atoms with Gasteiger partial charge in [0.2, 0.25) is 5.91 Å². The molecule has 1 aromatic carbocycles. The van der Waals surface area contributed by atoms with Gasteiger partial charge in [-0.15, -0.1) is 13.2 Å². The second kappa shape index (κ2) is 9.67. The summed E-state index contributed by atoms with van der Waals surface area (Å²) in [4.78, 5) is 17.2. The number of piperidine rings is 1. The number of nitrogens with zero attached hydrogens (tertiary/aromatic N) is 2. The number of aromatic nitrogens is 1. The van der Waals surface area contributed by atoms with Crippen molar-refractivity contribution < 1.29 is 44.3 Å². The molecule has 0 aliphatic carbocycles. The third-order valence-electron chi connectivity index (χ3n) is 5.80. The second-order valence-corrected chi connectivity index (χ2v) is 10.8. The normalized spacial score (nSPS) is 17.7. The summed E-state index contributed by atoms with van der Waals surface area (Å²) in [5, 5.41) is 0. The van der Waals surface area contributed by atoms with Gasteiger partial charge in [0.05, 0.1) is 15.2 Å². The zero-order valence-electron chi connectivity index (χ0n) is 17.9. The maximum absolute atomic E-state index is 13.3. The Labute approximate surface area is 198 Å². The summed E-state index contributed by atoms with van der Waals surface area (Å²) in [7, 11) is -4.20. The van der Waals surface area contributed by atoms with Gasteiger partial charge in [-0.3, -0.25) is 9.69 Å². The molecule has 1 aliphatic rings. The van der Waals surface area contributed by atoms with Crippen LogP contribution in [0.4, 0.5) is 32.2 Å². The van der Waals surface area contributed by atoms with E-state index in [2.05, 4.69) is 9.72 Å². The van der Waals surface area contributed by atoms with Gasteiger partial charge in [-0.25, -0.2) is 13.4 Å². The lowest BCUT2D eigenvalue weighted by molar-refractivity contribution is -0.274. The highest BCUT2D eigenvalue weighted by Gasteiger charge is 2.46. The summed E-state index contributed by atoms with van der Waals surface area (Å²) in [5.41, 5.74) is -0.970. The number of carbonyl (C=O) groups excluding carboxylic acids is 1. The lowest BCUT2D eigenvalue weighted by atomic mass is 9.85. The molecule has 194 valence electrons. The predicted octanol–water partition coefficient (Wildman–Crippen LogP) is 5.63. The molecule has 1 atom stereocenters. The zero-order valence-corrected chi connectivity index (χ0v) is 18.8. The summed E-state index contributed by atoms with van der Waals surface area (Å²) < 4.78 is 105. The molecule has 35 heavy (non-hydrogen) atoms. The van der Waals surface area contributed by atoms with Crippen molar-refractivity contribution in [3.63, 3.8) is 0 Å². The van der Waals surface area contributed by atoms with Crippen LogP contribution >= 0.6 is 0 Å². The predicted molar refractivity (Wildman–Crippen MR) is 115 cm³/mol. The van der Waals surface area contributed by atoms with E-state index in [-0.39, 0.29) is 32.6 Å². The summed E-state index contributed by atoms with van der Waals surface area (Å²) in [6, 6.07) is 5.87. The molecule has 1 aromatic heterocycles. The Balaban J connectivity index is 0.00000432. The van der Waals surface area contributed by atoms with E-state index in [9.17, 15) is 39.6 Å². The fourth-order valence-corrected chi connectivity index (χ4v) is 5.52. The van der Waals surface area contributed by atoms with E-state index < -0.39 is 55.2 Å². The molecule has 0 N–H and O–H groups in total. The highest BCUT2D eigenvalue weighted by atomic mass is 32.2. The molecule has 0 bridgehead atoms. The Morgan fingerprint density at radius 3 is 2.23 bits per heavy atom. The number of pyridine rings is 1. The molecule has 6 nitrogen and oxygen atoms in total. The summed E-state index contributed by atoms with van der Waals surface area (Å²) in [6.45, 7) is 2.77. The van der Waals surface area contributed by atoms with Gasteiger partial charge in [0, 0.05) is 19.2 Å². The highest BCUT2D eigenvalue weighted by Crippen LogP contribution is 2.40. The lowest BCUT2D eigenvalue weighted by Gasteiger charge is -2.39. The van der Waals surface area contributed by atoms with Crippen LogP contribution in [0, 0.1) is 5.92 Å². The van der Waals surface area contributed by atoms with Crippen molar-refractivity contribution in [1.82, 2.24) is 4.98 Å². The minimum absolute atomic E-state index is 0. The summed E-state index contributed by atoms with van der Waals surface area (Å²) in [5.74, 6) is -1.92. The smallest absolute Gasteiger partial charge is 0.406 e. The number of benzene rings is 1. The first-order valence-electron chi connectivity index (χ1n) is 9.96. The Morgan fingerprint density at radius 2 is 1.71 bits per heavy atom. The Morgan fingerprint density at radius 1 is 1.06 bits per heavy atom. The molecule has 0 saturated carbocycles. The maximum Gasteiger partial charge on any atom is 0.573 e. The van der Waals surface area contributed by atoms with E-state index in [4.69, 9.17) is 0 Å². The van der Waals surface area contributed by atoms with Crippen LogP contribution in [0.1, 0.15) is 39.7 Å². The van der Waals surface area contributed by atoms with Crippen LogP contribution < -0.4 is 9.64 Å². The van der Waals surface area contributed by atoms with Crippen LogP contribution in [-0.4, -0.2) is 37.0 Å². The number of rotatable bonds is 5. The maximum atomic E-state index is 13.3. The van der Waals surface area contributed by atoms with Gasteiger partial charge in [-0.1, -0.05) is 13.5 Å².